The molecular formula is C20H21N5O. The lowest BCUT2D eigenvalue weighted by Gasteiger charge is -2.17. The molecule has 0 radical (unpaired) electrons. The standard InChI is InChI=1S/C20H21N5O/c1-11(2)13-4-6-16-15(8-13)19(22-10-21-16)23-12(3)14-5-7-17-18(9-14)25-20(26)24-17/h4-12H,1-3H3,(H,21,22,23)(H2,24,25,26). The highest BCUT2D eigenvalue weighted by atomic mass is 16.1. The summed E-state index contributed by atoms with van der Waals surface area (Å²) >= 11 is 0. The second-order valence-corrected chi connectivity index (χ2v) is 6.90. The second kappa shape index (κ2) is 6.29. The third-order valence-corrected chi connectivity index (χ3v) is 4.72. The van der Waals surface area contributed by atoms with E-state index in [0.29, 0.717) is 5.92 Å². The zero-order valence-electron chi connectivity index (χ0n) is 15.0. The molecule has 0 aliphatic carbocycles. The minimum Gasteiger partial charge on any atom is -0.363 e. The molecule has 0 bridgehead atoms. The van der Waals surface area contributed by atoms with Crippen LogP contribution in [0.4, 0.5) is 5.82 Å². The van der Waals surface area contributed by atoms with Crippen molar-refractivity contribution < 1.29 is 0 Å². The fraction of sp³-hybridized carbons (Fsp3) is 0.250. The van der Waals surface area contributed by atoms with Crippen molar-refractivity contribution in [1.82, 2.24) is 19.9 Å². The van der Waals surface area contributed by atoms with E-state index in [1.165, 1.54) is 5.56 Å². The Labute approximate surface area is 150 Å². The van der Waals surface area contributed by atoms with Crippen LogP contribution >= 0.6 is 0 Å². The first-order valence-electron chi connectivity index (χ1n) is 8.74. The number of anilines is 1. The summed E-state index contributed by atoms with van der Waals surface area (Å²) in [6.45, 7) is 6.42. The van der Waals surface area contributed by atoms with Gasteiger partial charge in [0, 0.05) is 5.39 Å². The Morgan fingerprint density at radius 3 is 2.50 bits per heavy atom. The van der Waals surface area contributed by atoms with Crippen LogP contribution in [-0.4, -0.2) is 19.9 Å². The number of hydrogen-bond donors (Lipinski definition) is 3. The van der Waals surface area contributed by atoms with E-state index >= 15 is 0 Å². The Balaban J connectivity index is 1.70. The van der Waals surface area contributed by atoms with Crippen molar-refractivity contribution in [1.29, 1.82) is 0 Å². The number of aromatic amines is 2. The molecule has 132 valence electrons. The number of fused-ring (bicyclic) bond motifs is 2. The molecular weight excluding hydrogens is 326 g/mol. The predicted octanol–water partition coefficient (Wildman–Crippen LogP) is 4.10. The number of benzene rings is 2. The van der Waals surface area contributed by atoms with Crippen LogP contribution in [-0.2, 0) is 0 Å². The van der Waals surface area contributed by atoms with Crippen LogP contribution in [0, 0.1) is 0 Å². The van der Waals surface area contributed by atoms with Gasteiger partial charge in [-0.2, -0.15) is 0 Å². The van der Waals surface area contributed by atoms with Crippen LogP contribution in [0.15, 0.2) is 47.5 Å². The molecule has 3 N–H and O–H groups in total. The van der Waals surface area contributed by atoms with E-state index in [1.807, 2.05) is 24.3 Å². The summed E-state index contributed by atoms with van der Waals surface area (Å²) in [6, 6.07) is 12.2. The molecule has 26 heavy (non-hydrogen) atoms. The number of imidazole rings is 1. The van der Waals surface area contributed by atoms with Crippen molar-refractivity contribution in [2.75, 3.05) is 5.32 Å². The highest BCUT2D eigenvalue weighted by Crippen LogP contribution is 2.27. The zero-order valence-corrected chi connectivity index (χ0v) is 15.0. The predicted molar refractivity (Wildman–Crippen MR) is 105 cm³/mol. The third kappa shape index (κ3) is 2.94. The van der Waals surface area contributed by atoms with Crippen molar-refractivity contribution in [2.24, 2.45) is 0 Å². The van der Waals surface area contributed by atoms with E-state index in [-0.39, 0.29) is 11.7 Å². The highest BCUT2D eigenvalue weighted by Gasteiger charge is 2.12. The molecule has 2 aromatic carbocycles. The van der Waals surface area contributed by atoms with Crippen molar-refractivity contribution in [3.8, 4) is 0 Å². The van der Waals surface area contributed by atoms with Gasteiger partial charge in [-0.15, -0.1) is 0 Å². The monoisotopic (exact) mass is 347 g/mol. The summed E-state index contributed by atoms with van der Waals surface area (Å²) in [7, 11) is 0. The van der Waals surface area contributed by atoms with Gasteiger partial charge in [0.05, 0.1) is 22.6 Å². The maximum Gasteiger partial charge on any atom is 0.323 e. The molecule has 0 spiro atoms. The van der Waals surface area contributed by atoms with E-state index < -0.39 is 0 Å². The summed E-state index contributed by atoms with van der Waals surface area (Å²) in [5, 5.41) is 4.50. The highest BCUT2D eigenvalue weighted by molar-refractivity contribution is 5.89. The van der Waals surface area contributed by atoms with E-state index in [2.05, 4.69) is 58.2 Å². The van der Waals surface area contributed by atoms with Gasteiger partial charge in [-0.25, -0.2) is 14.8 Å². The molecule has 0 aliphatic rings. The number of nitrogens with one attached hydrogen (secondary N) is 3. The molecule has 4 rings (SSSR count). The minimum atomic E-state index is -0.194. The average Bonchev–Trinajstić information content (AvgIpc) is 3.00. The Hall–Kier alpha value is -3.15. The number of aromatic nitrogens is 4. The zero-order chi connectivity index (χ0) is 18.3. The summed E-state index contributed by atoms with van der Waals surface area (Å²) in [4.78, 5) is 25.8. The lowest BCUT2D eigenvalue weighted by molar-refractivity contribution is 0.866. The van der Waals surface area contributed by atoms with Crippen LogP contribution in [0.25, 0.3) is 21.9 Å². The van der Waals surface area contributed by atoms with Crippen molar-refractivity contribution >= 4 is 27.8 Å². The quantitative estimate of drug-likeness (QED) is 0.519. The minimum absolute atomic E-state index is 0.0265. The van der Waals surface area contributed by atoms with Crippen molar-refractivity contribution in [3.63, 3.8) is 0 Å². The first-order valence-corrected chi connectivity index (χ1v) is 8.74. The van der Waals surface area contributed by atoms with Gasteiger partial charge in [0.15, 0.2) is 0 Å². The molecule has 1 unspecified atom stereocenters. The van der Waals surface area contributed by atoms with Gasteiger partial charge in [0.1, 0.15) is 12.1 Å². The van der Waals surface area contributed by atoms with Crippen LogP contribution < -0.4 is 11.0 Å². The van der Waals surface area contributed by atoms with E-state index in [1.54, 1.807) is 6.33 Å². The van der Waals surface area contributed by atoms with E-state index in [9.17, 15) is 4.79 Å². The molecule has 4 aromatic rings. The Morgan fingerprint density at radius 1 is 0.923 bits per heavy atom. The Kier molecular flexibility index (Phi) is 3.95. The molecule has 1 atom stereocenters. The number of rotatable bonds is 4. The molecule has 0 fully saturated rings. The van der Waals surface area contributed by atoms with Gasteiger partial charge in [0.2, 0.25) is 0 Å². The van der Waals surface area contributed by atoms with Gasteiger partial charge in [-0.3, -0.25) is 0 Å². The normalized spacial score (nSPS) is 12.8. The summed E-state index contributed by atoms with van der Waals surface area (Å²) < 4.78 is 0. The molecule has 2 heterocycles. The Morgan fingerprint density at radius 2 is 1.69 bits per heavy atom. The van der Waals surface area contributed by atoms with Crippen molar-refractivity contribution in [2.45, 2.75) is 32.7 Å². The topological polar surface area (TPSA) is 86.5 Å². The lowest BCUT2D eigenvalue weighted by Crippen LogP contribution is -2.09. The largest absolute Gasteiger partial charge is 0.363 e. The summed E-state index contributed by atoms with van der Waals surface area (Å²) in [5.41, 5.74) is 4.66. The number of nitrogens with zero attached hydrogens (tertiary/aromatic N) is 2. The molecule has 0 saturated heterocycles. The van der Waals surface area contributed by atoms with Gasteiger partial charge in [-0.1, -0.05) is 26.0 Å². The number of H-pyrrole nitrogens is 2. The van der Waals surface area contributed by atoms with Gasteiger partial charge >= 0.3 is 5.69 Å². The van der Waals surface area contributed by atoms with Gasteiger partial charge in [-0.05, 0) is 48.2 Å². The maximum absolute atomic E-state index is 11.5. The second-order valence-electron chi connectivity index (χ2n) is 6.90. The first kappa shape index (κ1) is 16.3. The maximum atomic E-state index is 11.5. The molecule has 0 aliphatic heterocycles. The van der Waals surface area contributed by atoms with Crippen LogP contribution in [0.5, 0.6) is 0 Å². The number of hydrogen-bond acceptors (Lipinski definition) is 4. The van der Waals surface area contributed by atoms with Gasteiger partial charge < -0.3 is 15.3 Å². The fourth-order valence-corrected chi connectivity index (χ4v) is 3.16. The van der Waals surface area contributed by atoms with Crippen LogP contribution in [0.1, 0.15) is 43.9 Å². The van der Waals surface area contributed by atoms with E-state index in [4.69, 9.17) is 0 Å². The first-order chi connectivity index (χ1) is 12.5. The Bertz CT molecular complexity index is 1140. The van der Waals surface area contributed by atoms with Crippen LogP contribution in [0.2, 0.25) is 0 Å². The average molecular weight is 347 g/mol. The summed E-state index contributed by atoms with van der Waals surface area (Å²) in [6.07, 6.45) is 1.58. The fourth-order valence-electron chi connectivity index (χ4n) is 3.16. The molecule has 0 saturated carbocycles. The van der Waals surface area contributed by atoms with Crippen molar-refractivity contribution in [3.05, 3.63) is 64.3 Å². The smallest absolute Gasteiger partial charge is 0.323 e. The molecule has 6 nitrogen and oxygen atoms in total. The molecule has 2 aromatic heterocycles. The SMILES string of the molecule is CC(C)c1ccc2ncnc(NC(C)c3ccc4[nH]c(=O)[nH]c4c3)c2c1. The van der Waals surface area contributed by atoms with Crippen LogP contribution in [0.3, 0.4) is 0 Å². The van der Waals surface area contributed by atoms with E-state index in [0.717, 1.165) is 33.3 Å². The molecule has 6 heteroatoms. The van der Waals surface area contributed by atoms with Gasteiger partial charge in [0.25, 0.3) is 0 Å². The summed E-state index contributed by atoms with van der Waals surface area (Å²) in [5.74, 6) is 1.25. The lowest BCUT2D eigenvalue weighted by atomic mass is 10.0. The third-order valence-electron chi connectivity index (χ3n) is 4.72. The molecule has 0 amide bonds.